The van der Waals surface area contributed by atoms with Gasteiger partial charge in [0.15, 0.2) is 0 Å². The maximum Gasteiger partial charge on any atom is 0.256 e. The van der Waals surface area contributed by atoms with Crippen LogP contribution in [0.1, 0.15) is 49.9 Å². The first-order valence-corrected chi connectivity index (χ1v) is 8.70. The van der Waals surface area contributed by atoms with Crippen molar-refractivity contribution in [2.24, 2.45) is 11.7 Å². The highest BCUT2D eigenvalue weighted by molar-refractivity contribution is 5.93. The SMILES string of the molecule is CC1CCCN(c2ncc(C(=O)N3CCC(N)CC3)cn2)C1C. The van der Waals surface area contributed by atoms with Gasteiger partial charge in [-0.2, -0.15) is 0 Å². The number of anilines is 1. The zero-order chi connectivity index (χ0) is 16.4. The molecule has 0 aromatic carbocycles. The van der Waals surface area contributed by atoms with Gasteiger partial charge in [-0.3, -0.25) is 4.79 Å². The monoisotopic (exact) mass is 317 g/mol. The van der Waals surface area contributed by atoms with Gasteiger partial charge < -0.3 is 15.5 Å². The second-order valence-corrected chi connectivity index (χ2v) is 6.95. The fraction of sp³-hybridized carbons (Fsp3) is 0.706. The number of amides is 1. The van der Waals surface area contributed by atoms with Gasteiger partial charge in [-0.15, -0.1) is 0 Å². The van der Waals surface area contributed by atoms with E-state index in [1.54, 1.807) is 12.4 Å². The summed E-state index contributed by atoms with van der Waals surface area (Å²) in [4.78, 5) is 25.5. The summed E-state index contributed by atoms with van der Waals surface area (Å²) in [6.45, 7) is 6.94. The maximum absolute atomic E-state index is 12.5. The second-order valence-electron chi connectivity index (χ2n) is 6.95. The van der Waals surface area contributed by atoms with Gasteiger partial charge in [0.2, 0.25) is 5.95 Å². The normalized spacial score (nSPS) is 26.4. The summed E-state index contributed by atoms with van der Waals surface area (Å²) >= 11 is 0. The number of likely N-dealkylation sites (tertiary alicyclic amines) is 1. The molecule has 0 aliphatic carbocycles. The van der Waals surface area contributed by atoms with Gasteiger partial charge in [0.05, 0.1) is 5.56 Å². The summed E-state index contributed by atoms with van der Waals surface area (Å²) in [7, 11) is 0. The summed E-state index contributed by atoms with van der Waals surface area (Å²) in [6.07, 6.45) is 7.51. The van der Waals surface area contributed by atoms with Crippen molar-refractivity contribution in [3.05, 3.63) is 18.0 Å². The van der Waals surface area contributed by atoms with Gasteiger partial charge in [-0.1, -0.05) is 6.92 Å². The molecule has 0 bridgehead atoms. The Labute approximate surface area is 138 Å². The van der Waals surface area contributed by atoms with Crippen molar-refractivity contribution in [2.45, 2.75) is 51.6 Å². The van der Waals surface area contributed by atoms with Gasteiger partial charge in [0, 0.05) is 44.1 Å². The van der Waals surface area contributed by atoms with Crippen molar-refractivity contribution >= 4 is 11.9 Å². The van der Waals surface area contributed by atoms with Crippen LogP contribution in [0.3, 0.4) is 0 Å². The molecule has 0 radical (unpaired) electrons. The Morgan fingerprint density at radius 1 is 1.13 bits per heavy atom. The minimum Gasteiger partial charge on any atom is -0.338 e. The van der Waals surface area contributed by atoms with E-state index in [9.17, 15) is 4.79 Å². The number of carbonyl (C=O) groups excluding carboxylic acids is 1. The molecular weight excluding hydrogens is 290 g/mol. The predicted molar refractivity (Wildman–Crippen MR) is 90.4 cm³/mol. The largest absolute Gasteiger partial charge is 0.338 e. The third-order valence-corrected chi connectivity index (χ3v) is 5.34. The van der Waals surface area contributed by atoms with E-state index in [2.05, 4.69) is 28.7 Å². The first-order chi connectivity index (χ1) is 11.1. The third kappa shape index (κ3) is 3.47. The Morgan fingerprint density at radius 3 is 2.43 bits per heavy atom. The molecule has 0 saturated carbocycles. The molecule has 0 spiro atoms. The Morgan fingerprint density at radius 2 is 1.78 bits per heavy atom. The number of hydrogen-bond donors (Lipinski definition) is 1. The van der Waals surface area contributed by atoms with Gasteiger partial charge in [0.25, 0.3) is 5.91 Å². The number of nitrogens with two attached hydrogens (primary N) is 1. The molecule has 126 valence electrons. The molecule has 2 unspecified atom stereocenters. The van der Waals surface area contributed by atoms with E-state index in [0.29, 0.717) is 17.5 Å². The average molecular weight is 317 g/mol. The van der Waals surface area contributed by atoms with Crippen molar-refractivity contribution < 1.29 is 4.79 Å². The van der Waals surface area contributed by atoms with E-state index in [1.807, 2.05) is 4.90 Å². The molecule has 1 aromatic heterocycles. The van der Waals surface area contributed by atoms with E-state index in [0.717, 1.165) is 38.4 Å². The number of rotatable bonds is 2. The van der Waals surface area contributed by atoms with Crippen LogP contribution >= 0.6 is 0 Å². The second kappa shape index (κ2) is 6.83. The number of nitrogens with zero attached hydrogens (tertiary/aromatic N) is 4. The van der Waals surface area contributed by atoms with Crippen molar-refractivity contribution in [3.8, 4) is 0 Å². The van der Waals surface area contributed by atoms with Gasteiger partial charge in [-0.25, -0.2) is 9.97 Å². The maximum atomic E-state index is 12.5. The van der Waals surface area contributed by atoms with Gasteiger partial charge >= 0.3 is 0 Å². The van der Waals surface area contributed by atoms with Gasteiger partial charge in [0.1, 0.15) is 0 Å². The molecule has 3 rings (SSSR count). The first kappa shape index (κ1) is 16.2. The molecule has 2 atom stereocenters. The standard InChI is InChI=1S/C17H27N5O/c1-12-4-3-7-22(13(12)2)17-19-10-14(11-20-17)16(23)21-8-5-15(18)6-9-21/h10-13,15H,3-9,18H2,1-2H3. The van der Waals surface area contributed by atoms with Crippen LogP contribution in [0, 0.1) is 5.92 Å². The minimum absolute atomic E-state index is 0.0171. The lowest BCUT2D eigenvalue weighted by Crippen LogP contribution is -2.44. The molecule has 1 amide bonds. The molecule has 2 aliphatic rings. The van der Waals surface area contributed by atoms with Crippen molar-refractivity contribution in [3.63, 3.8) is 0 Å². The Bertz CT molecular complexity index is 538. The average Bonchev–Trinajstić information content (AvgIpc) is 2.58. The summed E-state index contributed by atoms with van der Waals surface area (Å²) < 4.78 is 0. The van der Waals surface area contributed by atoms with Crippen LogP contribution in [-0.4, -0.2) is 52.5 Å². The highest BCUT2D eigenvalue weighted by Gasteiger charge is 2.27. The lowest BCUT2D eigenvalue weighted by molar-refractivity contribution is 0.0714. The Balaban J connectivity index is 1.68. The summed E-state index contributed by atoms with van der Waals surface area (Å²) in [6, 6.07) is 0.661. The van der Waals surface area contributed by atoms with Crippen LogP contribution in [0.2, 0.25) is 0 Å². The van der Waals surface area contributed by atoms with Crippen LogP contribution in [0.4, 0.5) is 5.95 Å². The fourth-order valence-corrected chi connectivity index (χ4v) is 3.48. The highest BCUT2D eigenvalue weighted by Crippen LogP contribution is 2.26. The number of aromatic nitrogens is 2. The number of carbonyl (C=O) groups is 1. The quantitative estimate of drug-likeness (QED) is 0.898. The number of hydrogen-bond acceptors (Lipinski definition) is 5. The van der Waals surface area contributed by atoms with Crippen LogP contribution in [0.5, 0.6) is 0 Å². The topological polar surface area (TPSA) is 75.4 Å². The van der Waals surface area contributed by atoms with Crippen molar-refractivity contribution in [2.75, 3.05) is 24.5 Å². The first-order valence-electron chi connectivity index (χ1n) is 8.70. The summed E-state index contributed by atoms with van der Waals surface area (Å²) in [5.74, 6) is 1.40. The molecule has 2 aliphatic heterocycles. The lowest BCUT2D eigenvalue weighted by atomic mass is 9.92. The molecule has 2 fully saturated rings. The highest BCUT2D eigenvalue weighted by atomic mass is 16.2. The smallest absolute Gasteiger partial charge is 0.256 e. The van der Waals surface area contributed by atoms with E-state index in [-0.39, 0.29) is 11.9 Å². The molecule has 2 saturated heterocycles. The molecule has 6 nitrogen and oxygen atoms in total. The molecule has 2 N–H and O–H groups in total. The van der Waals surface area contributed by atoms with E-state index < -0.39 is 0 Å². The van der Waals surface area contributed by atoms with E-state index in [1.165, 1.54) is 12.8 Å². The third-order valence-electron chi connectivity index (χ3n) is 5.34. The van der Waals surface area contributed by atoms with E-state index >= 15 is 0 Å². The molecule has 23 heavy (non-hydrogen) atoms. The lowest BCUT2D eigenvalue weighted by Gasteiger charge is -2.37. The Kier molecular flexibility index (Phi) is 4.80. The van der Waals surface area contributed by atoms with E-state index in [4.69, 9.17) is 5.73 Å². The molecule has 6 heteroatoms. The molecule has 1 aromatic rings. The minimum atomic E-state index is 0.0171. The Hall–Kier alpha value is -1.69. The molecule has 3 heterocycles. The molecular formula is C17H27N5O. The fourth-order valence-electron chi connectivity index (χ4n) is 3.48. The zero-order valence-corrected chi connectivity index (χ0v) is 14.1. The van der Waals surface area contributed by atoms with Crippen molar-refractivity contribution in [1.29, 1.82) is 0 Å². The van der Waals surface area contributed by atoms with Crippen molar-refractivity contribution in [1.82, 2.24) is 14.9 Å². The van der Waals surface area contributed by atoms with Crippen LogP contribution in [-0.2, 0) is 0 Å². The van der Waals surface area contributed by atoms with Crippen LogP contribution in [0.15, 0.2) is 12.4 Å². The van der Waals surface area contributed by atoms with Crippen LogP contribution in [0.25, 0.3) is 0 Å². The van der Waals surface area contributed by atoms with Gasteiger partial charge in [-0.05, 0) is 38.5 Å². The summed E-state index contributed by atoms with van der Waals surface area (Å²) in [5.41, 5.74) is 6.47. The zero-order valence-electron chi connectivity index (χ0n) is 14.1. The van der Waals surface area contributed by atoms with Crippen LogP contribution < -0.4 is 10.6 Å². The predicted octanol–water partition coefficient (Wildman–Crippen LogP) is 1.66. The number of piperidine rings is 2. The summed E-state index contributed by atoms with van der Waals surface area (Å²) in [5, 5.41) is 0.